The molecule has 2 amide bonds. The number of benzene rings is 1. The number of anilines is 1. The van der Waals surface area contributed by atoms with Gasteiger partial charge in [0.05, 0.1) is 5.56 Å². The van der Waals surface area contributed by atoms with Crippen molar-refractivity contribution in [2.75, 3.05) is 12.1 Å². The lowest BCUT2D eigenvalue weighted by Crippen LogP contribution is -2.27. The Kier molecular flexibility index (Phi) is 7.93. The normalized spacial score (nSPS) is 14.8. The van der Waals surface area contributed by atoms with Crippen molar-refractivity contribution in [2.24, 2.45) is 5.92 Å². The predicted octanol–water partition coefficient (Wildman–Crippen LogP) is 4.46. The van der Waals surface area contributed by atoms with Gasteiger partial charge in [0, 0.05) is 17.3 Å². The van der Waals surface area contributed by atoms with Gasteiger partial charge in [-0.3, -0.25) is 9.59 Å². The summed E-state index contributed by atoms with van der Waals surface area (Å²) >= 11 is 1.44. The summed E-state index contributed by atoms with van der Waals surface area (Å²) in [7, 11) is 0. The number of aryl methyl sites for hydroxylation is 1. The molecule has 32 heavy (non-hydrogen) atoms. The molecule has 0 atom stereocenters. The summed E-state index contributed by atoms with van der Waals surface area (Å²) in [6, 6.07) is 7.44. The summed E-state index contributed by atoms with van der Waals surface area (Å²) in [6.45, 7) is 2.54. The van der Waals surface area contributed by atoms with Crippen LogP contribution in [0.5, 0.6) is 11.5 Å². The average molecular weight is 463 g/mol. The van der Waals surface area contributed by atoms with E-state index < -0.39 is 6.16 Å². The second-order valence-corrected chi connectivity index (χ2v) is 8.83. The van der Waals surface area contributed by atoms with Gasteiger partial charge in [-0.05, 0) is 43.5 Å². The van der Waals surface area contributed by atoms with E-state index in [2.05, 4.69) is 10.6 Å². The number of ether oxygens (including phenoxy) is 2. The molecule has 1 aromatic heterocycles. The van der Waals surface area contributed by atoms with E-state index in [0.29, 0.717) is 22.9 Å². The van der Waals surface area contributed by atoms with E-state index in [-0.39, 0.29) is 24.5 Å². The first-order chi connectivity index (χ1) is 15.3. The zero-order valence-corrected chi connectivity index (χ0v) is 18.5. The Morgan fingerprint density at radius 2 is 1.75 bits per heavy atom. The van der Waals surface area contributed by atoms with Crippen LogP contribution in [0, 0.1) is 12.8 Å². The summed E-state index contributed by atoms with van der Waals surface area (Å²) in [5, 5.41) is 20.5. The molecule has 4 rings (SSSR count). The number of nitrogens with one attached hydrogen (secondary N) is 2. The number of amides is 2. The first-order valence-electron chi connectivity index (χ1n) is 10.3. The maximum atomic E-state index is 12.7. The molecule has 0 radical (unpaired) electrons. The summed E-state index contributed by atoms with van der Waals surface area (Å²) in [6.07, 6.45) is 3.44. The minimum atomic E-state index is -1.83. The summed E-state index contributed by atoms with van der Waals surface area (Å²) in [4.78, 5) is 34.9. The fourth-order valence-electron chi connectivity index (χ4n) is 3.68. The molecule has 1 aliphatic heterocycles. The molecular weight excluding hydrogens is 436 g/mol. The van der Waals surface area contributed by atoms with Gasteiger partial charge < -0.3 is 30.3 Å². The van der Waals surface area contributed by atoms with Gasteiger partial charge in [0.15, 0.2) is 11.5 Å². The summed E-state index contributed by atoms with van der Waals surface area (Å²) in [5.41, 5.74) is 1.45. The Balaban J connectivity index is 0.000000668. The van der Waals surface area contributed by atoms with Gasteiger partial charge in [-0.15, -0.1) is 11.3 Å². The van der Waals surface area contributed by atoms with Crippen LogP contribution in [0.15, 0.2) is 24.3 Å². The molecule has 2 heterocycles. The molecule has 0 spiro atoms. The molecule has 9 nitrogen and oxygen atoms in total. The van der Waals surface area contributed by atoms with Crippen LogP contribution in [0.2, 0.25) is 0 Å². The molecular formula is C22H26N2O7S. The van der Waals surface area contributed by atoms with E-state index in [1.54, 1.807) is 0 Å². The minimum absolute atomic E-state index is 0.0337. The average Bonchev–Trinajstić information content (AvgIpc) is 3.38. The van der Waals surface area contributed by atoms with Crippen LogP contribution in [-0.4, -0.2) is 35.0 Å². The van der Waals surface area contributed by atoms with E-state index in [0.717, 1.165) is 41.9 Å². The summed E-state index contributed by atoms with van der Waals surface area (Å²) < 4.78 is 10.7. The van der Waals surface area contributed by atoms with E-state index in [4.69, 9.17) is 24.5 Å². The number of fused-ring (bicyclic) bond motifs is 1. The van der Waals surface area contributed by atoms with Gasteiger partial charge in [-0.1, -0.05) is 25.3 Å². The lowest BCUT2D eigenvalue weighted by molar-refractivity contribution is -0.120. The highest BCUT2D eigenvalue weighted by molar-refractivity contribution is 7.16. The van der Waals surface area contributed by atoms with Gasteiger partial charge in [0.2, 0.25) is 12.7 Å². The van der Waals surface area contributed by atoms with Crippen LogP contribution in [0.3, 0.4) is 0 Å². The van der Waals surface area contributed by atoms with Crippen LogP contribution in [0.1, 0.15) is 52.9 Å². The number of thiophene rings is 1. The van der Waals surface area contributed by atoms with Gasteiger partial charge in [-0.25, -0.2) is 4.79 Å². The van der Waals surface area contributed by atoms with Gasteiger partial charge in [0.1, 0.15) is 5.00 Å². The van der Waals surface area contributed by atoms with Crippen molar-refractivity contribution in [1.29, 1.82) is 0 Å². The van der Waals surface area contributed by atoms with Crippen LogP contribution >= 0.6 is 11.3 Å². The third-order valence-electron chi connectivity index (χ3n) is 5.20. The predicted molar refractivity (Wildman–Crippen MR) is 119 cm³/mol. The van der Waals surface area contributed by atoms with Crippen LogP contribution in [0.25, 0.3) is 0 Å². The van der Waals surface area contributed by atoms with Gasteiger partial charge >= 0.3 is 6.16 Å². The third-order valence-corrected chi connectivity index (χ3v) is 6.17. The van der Waals surface area contributed by atoms with Crippen LogP contribution in [-0.2, 0) is 11.3 Å². The lowest BCUT2D eigenvalue weighted by Gasteiger charge is -2.20. The van der Waals surface area contributed by atoms with Crippen molar-refractivity contribution in [3.63, 3.8) is 0 Å². The first-order valence-corrected chi connectivity index (χ1v) is 11.1. The van der Waals surface area contributed by atoms with E-state index in [1.807, 2.05) is 31.2 Å². The number of hydrogen-bond donors (Lipinski definition) is 4. The highest BCUT2D eigenvalue weighted by Gasteiger charge is 2.24. The first kappa shape index (κ1) is 23.4. The Bertz CT molecular complexity index is 979. The highest BCUT2D eigenvalue weighted by Crippen LogP contribution is 2.33. The van der Waals surface area contributed by atoms with Crippen molar-refractivity contribution >= 4 is 34.3 Å². The molecule has 0 saturated heterocycles. The number of carbonyl (C=O) groups excluding carboxylic acids is 2. The molecule has 4 N–H and O–H groups in total. The van der Waals surface area contributed by atoms with E-state index >= 15 is 0 Å². The number of carboxylic acid groups (broad SMARTS) is 2. The monoisotopic (exact) mass is 462 g/mol. The van der Waals surface area contributed by atoms with Crippen molar-refractivity contribution < 1.29 is 34.1 Å². The second kappa shape index (κ2) is 10.9. The van der Waals surface area contributed by atoms with Gasteiger partial charge in [-0.2, -0.15) is 0 Å². The van der Waals surface area contributed by atoms with E-state index in [9.17, 15) is 9.59 Å². The maximum absolute atomic E-state index is 12.7. The number of hydrogen-bond acceptors (Lipinski definition) is 6. The van der Waals surface area contributed by atoms with Crippen LogP contribution < -0.4 is 20.1 Å². The molecule has 1 saturated carbocycles. The second-order valence-electron chi connectivity index (χ2n) is 7.58. The molecule has 1 aromatic carbocycles. The lowest BCUT2D eigenvalue weighted by atomic mass is 9.89. The van der Waals surface area contributed by atoms with E-state index in [1.165, 1.54) is 17.8 Å². The van der Waals surface area contributed by atoms with Gasteiger partial charge in [0.25, 0.3) is 5.91 Å². The Labute approximate surface area is 189 Å². The minimum Gasteiger partial charge on any atom is -0.454 e. The zero-order valence-electron chi connectivity index (χ0n) is 17.7. The van der Waals surface area contributed by atoms with Crippen molar-refractivity contribution in [1.82, 2.24) is 5.32 Å². The molecule has 0 bridgehead atoms. The Morgan fingerprint density at radius 3 is 2.47 bits per heavy atom. The van der Waals surface area contributed by atoms with Crippen molar-refractivity contribution in [2.45, 2.75) is 45.6 Å². The van der Waals surface area contributed by atoms with Crippen LogP contribution in [0.4, 0.5) is 9.80 Å². The molecule has 0 unspecified atom stereocenters. The standard InChI is InChI=1S/C21H24N2O4S.CH2O3/c1-13-9-16(21(28-13)23-19(24)15-5-3-2-4-6-15)20(25)22-11-14-7-8-17-18(10-14)27-12-26-17;2-1(3)4/h7-10,15H,2-6,11-12H2,1H3,(H,22,25)(H,23,24);(H2,2,3,4). The number of rotatable bonds is 5. The molecule has 1 aliphatic carbocycles. The SMILES string of the molecule is Cc1cc(C(=O)NCc2ccc3c(c2)OCO3)c(NC(=O)C2CCCCC2)s1.O=C(O)O. The fourth-order valence-corrected chi connectivity index (χ4v) is 4.59. The summed E-state index contributed by atoms with van der Waals surface area (Å²) in [5.74, 6) is 1.31. The fraction of sp³-hybridized carbons (Fsp3) is 0.409. The smallest absolute Gasteiger partial charge is 0.454 e. The number of carbonyl (C=O) groups is 3. The maximum Gasteiger partial charge on any atom is 0.503 e. The Hall–Kier alpha value is -3.27. The largest absolute Gasteiger partial charge is 0.503 e. The molecule has 172 valence electrons. The molecule has 2 aromatic rings. The molecule has 10 heteroatoms. The molecule has 1 fully saturated rings. The molecule has 2 aliphatic rings. The van der Waals surface area contributed by atoms with Crippen molar-refractivity contribution in [3.05, 3.63) is 40.3 Å². The Morgan fingerprint density at radius 1 is 1.06 bits per heavy atom. The van der Waals surface area contributed by atoms with Crippen molar-refractivity contribution in [3.8, 4) is 11.5 Å². The topological polar surface area (TPSA) is 134 Å². The highest BCUT2D eigenvalue weighted by atomic mass is 32.1. The third kappa shape index (κ3) is 6.36. The zero-order chi connectivity index (χ0) is 23.1. The quantitative estimate of drug-likeness (QED) is 0.515.